The predicted octanol–water partition coefficient (Wildman–Crippen LogP) is 4.00. The van der Waals surface area contributed by atoms with Crippen LogP contribution in [0, 0.1) is 0 Å². The third kappa shape index (κ3) is 3.02. The number of aromatic nitrogens is 1. The Hall–Kier alpha value is -1.39. The second-order valence-corrected chi connectivity index (χ2v) is 6.14. The first-order valence-electron chi connectivity index (χ1n) is 6.92. The van der Waals surface area contributed by atoms with Crippen molar-refractivity contribution in [1.82, 2.24) is 4.98 Å². The lowest BCUT2D eigenvalue weighted by atomic mass is 10.1. The first-order chi connectivity index (χ1) is 9.47. The lowest BCUT2D eigenvalue weighted by Crippen LogP contribution is -2.15. The van der Waals surface area contributed by atoms with Crippen molar-refractivity contribution in [2.75, 3.05) is 6.61 Å². The molecule has 2 aromatic rings. The van der Waals surface area contributed by atoms with Gasteiger partial charge < -0.3 is 9.84 Å². The van der Waals surface area contributed by atoms with Crippen molar-refractivity contribution in [2.24, 2.45) is 0 Å². The summed E-state index contributed by atoms with van der Waals surface area (Å²) in [5, 5.41) is 11.2. The molecule has 1 aromatic heterocycles. The summed E-state index contributed by atoms with van der Waals surface area (Å²) < 4.78 is 5.66. The average Bonchev–Trinajstić information content (AvgIpc) is 2.84. The number of aliphatic hydroxyl groups is 1. The molecule has 0 aliphatic heterocycles. The maximum Gasteiger partial charge on any atom is 0.129 e. The molecule has 3 nitrogen and oxygen atoms in total. The van der Waals surface area contributed by atoms with Gasteiger partial charge in [0.25, 0.3) is 0 Å². The third-order valence-corrected chi connectivity index (χ3v) is 4.45. The Labute approximate surface area is 124 Å². The van der Waals surface area contributed by atoms with Crippen molar-refractivity contribution in [2.45, 2.75) is 39.7 Å². The highest BCUT2D eigenvalue weighted by Crippen LogP contribution is 2.38. The number of aryl methyl sites for hydroxylation is 1. The zero-order valence-electron chi connectivity index (χ0n) is 12.4. The van der Waals surface area contributed by atoms with E-state index < -0.39 is 5.60 Å². The molecule has 1 aromatic carbocycles. The van der Waals surface area contributed by atoms with Crippen LogP contribution in [0.1, 0.15) is 38.3 Å². The molecule has 2 rings (SSSR count). The minimum atomic E-state index is -0.859. The van der Waals surface area contributed by atoms with Crippen LogP contribution < -0.4 is 4.74 Å². The largest absolute Gasteiger partial charge is 0.493 e. The fourth-order valence-corrected chi connectivity index (χ4v) is 3.29. The number of benzene rings is 1. The Balaban J connectivity index is 2.51. The van der Waals surface area contributed by atoms with E-state index in [9.17, 15) is 5.11 Å². The number of hydrogen-bond donors (Lipinski definition) is 1. The van der Waals surface area contributed by atoms with Gasteiger partial charge in [-0.3, -0.25) is 0 Å². The number of hydrogen-bond acceptors (Lipinski definition) is 4. The van der Waals surface area contributed by atoms with E-state index in [1.165, 1.54) is 0 Å². The summed E-state index contributed by atoms with van der Waals surface area (Å²) in [7, 11) is 0. The molecular weight excluding hydrogens is 270 g/mol. The van der Waals surface area contributed by atoms with E-state index in [1.807, 2.05) is 31.2 Å². The van der Waals surface area contributed by atoms with Crippen LogP contribution in [0.2, 0.25) is 0 Å². The molecule has 0 amide bonds. The van der Waals surface area contributed by atoms with E-state index >= 15 is 0 Å². The van der Waals surface area contributed by atoms with Crippen LogP contribution in [0.25, 0.3) is 10.6 Å². The molecule has 1 N–H and O–H groups in total. The molecule has 20 heavy (non-hydrogen) atoms. The second-order valence-electron chi connectivity index (χ2n) is 5.14. The summed E-state index contributed by atoms with van der Waals surface area (Å²) >= 11 is 1.54. The molecule has 0 aliphatic carbocycles. The first-order valence-corrected chi connectivity index (χ1v) is 7.73. The second kappa shape index (κ2) is 5.94. The van der Waals surface area contributed by atoms with Crippen molar-refractivity contribution < 1.29 is 9.84 Å². The minimum absolute atomic E-state index is 0.626. The van der Waals surface area contributed by atoms with Crippen molar-refractivity contribution in [3.05, 3.63) is 34.8 Å². The Kier molecular flexibility index (Phi) is 4.45. The van der Waals surface area contributed by atoms with Gasteiger partial charge in [0.15, 0.2) is 0 Å². The van der Waals surface area contributed by atoms with E-state index in [0.29, 0.717) is 6.61 Å². The van der Waals surface area contributed by atoms with Gasteiger partial charge in [0, 0.05) is 0 Å². The molecule has 0 aliphatic rings. The summed E-state index contributed by atoms with van der Waals surface area (Å²) in [5.41, 5.74) is 1.09. The Morgan fingerprint density at radius 1 is 1.25 bits per heavy atom. The topological polar surface area (TPSA) is 42.4 Å². The van der Waals surface area contributed by atoms with Crippen LogP contribution in [-0.4, -0.2) is 16.7 Å². The van der Waals surface area contributed by atoms with Gasteiger partial charge in [0.05, 0.1) is 28.3 Å². The quantitative estimate of drug-likeness (QED) is 0.905. The highest BCUT2D eigenvalue weighted by molar-refractivity contribution is 7.15. The number of para-hydroxylation sites is 1. The lowest BCUT2D eigenvalue weighted by molar-refractivity contribution is 0.0814. The Morgan fingerprint density at radius 3 is 2.50 bits per heavy atom. The third-order valence-electron chi connectivity index (χ3n) is 3.01. The van der Waals surface area contributed by atoms with Gasteiger partial charge in [0.1, 0.15) is 10.8 Å². The first kappa shape index (κ1) is 15.0. The van der Waals surface area contributed by atoms with Gasteiger partial charge in [-0.25, -0.2) is 4.98 Å². The van der Waals surface area contributed by atoms with Crippen LogP contribution in [0.4, 0.5) is 0 Å². The van der Waals surface area contributed by atoms with Gasteiger partial charge in [-0.15, -0.1) is 11.3 Å². The zero-order valence-corrected chi connectivity index (χ0v) is 13.3. The maximum absolute atomic E-state index is 10.3. The molecule has 0 unspecified atom stereocenters. The van der Waals surface area contributed by atoms with Gasteiger partial charge in [-0.2, -0.15) is 0 Å². The lowest BCUT2D eigenvalue weighted by Gasteiger charge is -2.15. The highest BCUT2D eigenvalue weighted by Gasteiger charge is 2.25. The summed E-state index contributed by atoms with van der Waals surface area (Å²) in [4.78, 5) is 5.62. The zero-order chi connectivity index (χ0) is 14.8. The molecule has 0 bridgehead atoms. The van der Waals surface area contributed by atoms with Crippen LogP contribution in [0.3, 0.4) is 0 Å². The van der Waals surface area contributed by atoms with Gasteiger partial charge in [-0.1, -0.05) is 19.1 Å². The average molecular weight is 291 g/mol. The van der Waals surface area contributed by atoms with E-state index in [4.69, 9.17) is 4.74 Å². The smallest absolute Gasteiger partial charge is 0.129 e. The monoisotopic (exact) mass is 291 g/mol. The fraction of sp³-hybridized carbons (Fsp3) is 0.438. The SMILES string of the molecule is CCOc1ccccc1-c1nc(CC)c(C(C)(C)O)s1. The van der Waals surface area contributed by atoms with E-state index in [1.54, 1.807) is 25.2 Å². The molecule has 0 atom stereocenters. The number of nitrogens with zero attached hydrogens (tertiary/aromatic N) is 1. The number of rotatable bonds is 5. The summed E-state index contributed by atoms with van der Waals surface area (Å²) in [5.74, 6) is 0.841. The van der Waals surface area contributed by atoms with Crippen LogP contribution >= 0.6 is 11.3 Å². The molecule has 0 spiro atoms. The molecule has 0 saturated carbocycles. The minimum Gasteiger partial charge on any atom is -0.493 e. The molecular formula is C16H21NO2S. The Bertz CT molecular complexity index is 584. The van der Waals surface area contributed by atoms with E-state index in [-0.39, 0.29) is 0 Å². The van der Waals surface area contributed by atoms with E-state index in [0.717, 1.165) is 33.3 Å². The van der Waals surface area contributed by atoms with Gasteiger partial charge >= 0.3 is 0 Å². The van der Waals surface area contributed by atoms with Crippen molar-refractivity contribution in [1.29, 1.82) is 0 Å². The highest BCUT2D eigenvalue weighted by atomic mass is 32.1. The molecule has 108 valence electrons. The summed E-state index contributed by atoms with van der Waals surface area (Å²) in [6.45, 7) is 8.26. The number of ether oxygens (including phenoxy) is 1. The number of thiazole rings is 1. The summed E-state index contributed by atoms with van der Waals surface area (Å²) in [6, 6.07) is 7.90. The van der Waals surface area contributed by atoms with Gasteiger partial charge in [0.2, 0.25) is 0 Å². The van der Waals surface area contributed by atoms with Crippen molar-refractivity contribution >= 4 is 11.3 Å². The standard InChI is InChI=1S/C16H21NO2S/c1-5-12-14(16(3,4)18)20-15(17-12)11-9-7-8-10-13(11)19-6-2/h7-10,18H,5-6H2,1-4H3. The molecule has 4 heteroatoms. The summed E-state index contributed by atoms with van der Waals surface area (Å²) in [6.07, 6.45) is 0.812. The normalized spacial score (nSPS) is 11.7. The van der Waals surface area contributed by atoms with Crippen LogP contribution in [0.5, 0.6) is 5.75 Å². The predicted molar refractivity (Wildman–Crippen MR) is 83.3 cm³/mol. The van der Waals surface area contributed by atoms with Crippen molar-refractivity contribution in [3.63, 3.8) is 0 Å². The molecule has 0 fully saturated rings. The van der Waals surface area contributed by atoms with Crippen LogP contribution in [-0.2, 0) is 12.0 Å². The fourth-order valence-electron chi connectivity index (χ4n) is 2.11. The van der Waals surface area contributed by atoms with Crippen LogP contribution in [0.15, 0.2) is 24.3 Å². The molecule has 0 saturated heterocycles. The van der Waals surface area contributed by atoms with E-state index in [2.05, 4.69) is 11.9 Å². The Morgan fingerprint density at radius 2 is 1.95 bits per heavy atom. The maximum atomic E-state index is 10.3. The van der Waals surface area contributed by atoms with Gasteiger partial charge in [-0.05, 0) is 39.3 Å². The molecule has 0 radical (unpaired) electrons. The van der Waals surface area contributed by atoms with Crippen molar-refractivity contribution in [3.8, 4) is 16.3 Å². The molecule has 1 heterocycles.